The average molecular weight is 207 g/mol. The highest BCUT2D eigenvalue weighted by Gasteiger charge is 2.10. The van der Waals surface area contributed by atoms with Crippen LogP contribution in [0.3, 0.4) is 0 Å². The Morgan fingerprint density at radius 3 is 2.53 bits per heavy atom. The van der Waals surface area contributed by atoms with Crippen molar-refractivity contribution in [2.75, 3.05) is 0 Å². The Kier molecular flexibility index (Phi) is 2.51. The summed E-state index contributed by atoms with van der Waals surface area (Å²) in [6.07, 6.45) is 0. The number of aryl methyl sites for hydroxylation is 1. The van der Waals surface area contributed by atoms with Crippen LogP contribution in [-0.2, 0) is 6.61 Å². The molecular weight excluding hydrogens is 197 g/mol. The molecule has 1 aromatic heterocycles. The first-order chi connectivity index (χ1) is 7.20. The lowest BCUT2D eigenvalue weighted by Crippen LogP contribution is -1.83. The smallest absolute Gasteiger partial charge is 0.220 e. The summed E-state index contributed by atoms with van der Waals surface area (Å²) in [5, 5.41) is 8.85. The highest BCUT2D eigenvalue weighted by molar-refractivity contribution is 5.60. The lowest BCUT2D eigenvalue weighted by Gasteiger charge is -1.96. The zero-order valence-electron chi connectivity index (χ0n) is 8.20. The van der Waals surface area contributed by atoms with Crippen molar-refractivity contribution in [2.24, 2.45) is 0 Å². The summed E-state index contributed by atoms with van der Waals surface area (Å²) < 4.78 is 17.9. The number of oxazole rings is 1. The Hall–Kier alpha value is -1.68. The minimum atomic E-state index is -0.290. The average Bonchev–Trinajstić information content (AvgIpc) is 2.61. The maximum atomic E-state index is 12.7. The van der Waals surface area contributed by atoms with Gasteiger partial charge in [-0.3, -0.25) is 0 Å². The third-order valence-corrected chi connectivity index (χ3v) is 2.09. The van der Waals surface area contributed by atoms with Crippen molar-refractivity contribution in [1.82, 2.24) is 4.98 Å². The predicted molar refractivity (Wildman–Crippen MR) is 52.6 cm³/mol. The normalized spacial score (nSPS) is 10.6. The molecule has 0 aliphatic heterocycles. The largest absolute Gasteiger partial charge is 0.443 e. The van der Waals surface area contributed by atoms with Gasteiger partial charge in [0, 0.05) is 5.56 Å². The lowest BCUT2D eigenvalue weighted by molar-refractivity contribution is 0.238. The molecule has 78 valence electrons. The molecule has 0 saturated heterocycles. The van der Waals surface area contributed by atoms with Gasteiger partial charge >= 0.3 is 0 Å². The van der Waals surface area contributed by atoms with E-state index in [9.17, 15) is 4.39 Å². The molecule has 4 heteroatoms. The lowest BCUT2D eigenvalue weighted by atomic mass is 10.1. The van der Waals surface area contributed by atoms with Crippen LogP contribution in [0.4, 0.5) is 4.39 Å². The molecule has 0 aliphatic carbocycles. The number of rotatable bonds is 2. The summed E-state index contributed by atoms with van der Waals surface area (Å²) in [4.78, 5) is 4.09. The molecule has 0 atom stereocenters. The van der Waals surface area contributed by atoms with E-state index in [1.165, 1.54) is 12.1 Å². The van der Waals surface area contributed by atoms with Gasteiger partial charge in [0.05, 0.1) is 0 Å². The molecule has 0 bridgehead atoms. The predicted octanol–water partition coefficient (Wildman–Crippen LogP) is 2.28. The molecule has 1 N–H and O–H groups in total. The second kappa shape index (κ2) is 3.82. The van der Waals surface area contributed by atoms with Crippen LogP contribution >= 0.6 is 0 Å². The molecule has 15 heavy (non-hydrogen) atoms. The SMILES string of the molecule is Cc1oc(CO)nc1-c1ccc(F)cc1. The summed E-state index contributed by atoms with van der Waals surface area (Å²) in [6.45, 7) is 1.52. The highest BCUT2D eigenvalue weighted by atomic mass is 19.1. The van der Waals surface area contributed by atoms with Gasteiger partial charge < -0.3 is 9.52 Å². The number of aromatic nitrogens is 1. The maximum Gasteiger partial charge on any atom is 0.220 e. The van der Waals surface area contributed by atoms with Gasteiger partial charge in [0.2, 0.25) is 5.89 Å². The summed E-state index contributed by atoms with van der Waals surface area (Å²) in [6, 6.07) is 5.98. The Morgan fingerprint density at radius 1 is 1.33 bits per heavy atom. The standard InChI is InChI=1S/C11H10FNO2/c1-7-11(13-10(6-14)15-7)8-2-4-9(12)5-3-8/h2-5,14H,6H2,1H3. The van der Waals surface area contributed by atoms with E-state index in [0.29, 0.717) is 11.5 Å². The van der Waals surface area contributed by atoms with Gasteiger partial charge in [-0.2, -0.15) is 0 Å². The first-order valence-corrected chi connectivity index (χ1v) is 4.54. The first kappa shape index (κ1) is 9.86. The number of aliphatic hydroxyl groups is 1. The van der Waals surface area contributed by atoms with E-state index in [2.05, 4.69) is 4.98 Å². The van der Waals surface area contributed by atoms with Crippen molar-refractivity contribution in [3.05, 3.63) is 41.7 Å². The molecule has 1 aromatic carbocycles. The van der Waals surface area contributed by atoms with Crippen molar-refractivity contribution >= 4 is 0 Å². The summed E-state index contributed by atoms with van der Waals surface area (Å²) in [5.41, 5.74) is 1.41. The second-order valence-electron chi connectivity index (χ2n) is 3.18. The molecule has 1 heterocycles. The number of halogens is 1. The quantitative estimate of drug-likeness (QED) is 0.821. The summed E-state index contributed by atoms with van der Waals surface area (Å²) in [7, 11) is 0. The topological polar surface area (TPSA) is 46.3 Å². The molecule has 0 amide bonds. The van der Waals surface area contributed by atoms with Crippen molar-refractivity contribution in [2.45, 2.75) is 13.5 Å². The van der Waals surface area contributed by atoms with E-state index in [4.69, 9.17) is 9.52 Å². The number of aliphatic hydroxyl groups excluding tert-OH is 1. The van der Waals surface area contributed by atoms with Crippen molar-refractivity contribution < 1.29 is 13.9 Å². The molecule has 3 nitrogen and oxygen atoms in total. The van der Waals surface area contributed by atoms with E-state index in [-0.39, 0.29) is 18.3 Å². The molecule has 2 rings (SSSR count). The van der Waals surface area contributed by atoms with Crippen LogP contribution in [0.25, 0.3) is 11.3 Å². The van der Waals surface area contributed by atoms with Gasteiger partial charge in [0.25, 0.3) is 0 Å². The molecule has 2 aromatic rings. The minimum Gasteiger partial charge on any atom is -0.443 e. The molecule has 0 spiro atoms. The van der Waals surface area contributed by atoms with Crippen LogP contribution in [0.5, 0.6) is 0 Å². The molecule has 0 aliphatic rings. The zero-order chi connectivity index (χ0) is 10.8. The fourth-order valence-corrected chi connectivity index (χ4v) is 1.39. The summed E-state index contributed by atoms with van der Waals surface area (Å²) in [5.74, 6) is 0.597. The van der Waals surface area contributed by atoms with E-state index in [1.807, 2.05) is 0 Å². The van der Waals surface area contributed by atoms with E-state index in [0.717, 1.165) is 5.56 Å². The van der Waals surface area contributed by atoms with Crippen LogP contribution in [0.2, 0.25) is 0 Å². The number of hydrogen-bond acceptors (Lipinski definition) is 3. The first-order valence-electron chi connectivity index (χ1n) is 4.54. The molecule has 0 saturated carbocycles. The Morgan fingerprint density at radius 2 is 2.00 bits per heavy atom. The van der Waals surface area contributed by atoms with E-state index in [1.54, 1.807) is 19.1 Å². The maximum absolute atomic E-state index is 12.7. The van der Waals surface area contributed by atoms with Gasteiger partial charge in [-0.05, 0) is 31.2 Å². The van der Waals surface area contributed by atoms with Gasteiger partial charge in [0.15, 0.2) is 0 Å². The van der Waals surface area contributed by atoms with Gasteiger partial charge in [-0.15, -0.1) is 0 Å². The van der Waals surface area contributed by atoms with Gasteiger partial charge in [0.1, 0.15) is 23.9 Å². The third-order valence-electron chi connectivity index (χ3n) is 2.09. The van der Waals surface area contributed by atoms with Gasteiger partial charge in [-0.25, -0.2) is 9.37 Å². The Bertz CT molecular complexity index is 462. The third kappa shape index (κ3) is 1.89. The van der Waals surface area contributed by atoms with Crippen LogP contribution in [0.1, 0.15) is 11.7 Å². The minimum absolute atomic E-state index is 0.234. The van der Waals surface area contributed by atoms with Crippen molar-refractivity contribution in [1.29, 1.82) is 0 Å². The Labute approximate surface area is 86.2 Å². The monoisotopic (exact) mass is 207 g/mol. The van der Waals surface area contributed by atoms with Crippen LogP contribution in [-0.4, -0.2) is 10.1 Å². The van der Waals surface area contributed by atoms with Crippen LogP contribution in [0.15, 0.2) is 28.7 Å². The highest BCUT2D eigenvalue weighted by Crippen LogP contribution is 2.23. The van der Waals surface area contributed by atoms with Crippen molar-refractivity contribution in [3.63, 3.8) is 0 Å². The fourth-order valence-electron chi connectivity index (χ4n) is 1.39. The molecule has 0 unspecified atom stereocenters. The van der Waals surface area contributed by atoms with Crippen molar-refractivity contribution in [3.8, 4) is 11.3 Å². The second-order valence-corrected chi connectivity index (χ2v) is 3.18. The van der Waals surface area contributed by atoms with Crippen LogP contribution < -0.4 is 0 Å². The number of benzene rings is 1. The molecule has 0 fully saturated rings. The Balaban J connectivity index is 2.44. The molecular formula is C11H10FNO2. The fraction of sp³-hybridized carbons (Fsp3) is 0.182. The summed E-state index contributed by atoms with van der Waals surface area (Å²) >= 11 is 0. The number of nitrogens with zero attached hydrogens (tertiary/aromatic N) is 1. The van der Waals surface area contributed by atoms with Crippen LogP contribution in [0, 0.1) is 12.7 Å². The number of hydrogen-bond donors (Lipinski definition) is 1. The van der Waals surface area contributed by atoms with Gasteiger partial charge in [-0.1, -0.05) is 0 Å². The molecule has 0 radical (unpaired) electrons. The van der Waals surface area contributed by atoms with E-state index >= 15 is 0 Å². The van der Waals surface area contributed by atoms with E-state index < -0.39 is 0 Å². The zero-order valence-corrected chi connectivity index (χ0v) is 8.20.